The predicted octanol–water partition coefficient (Wildman–Crippen LogP) is 5.95. The van der Waals surface area contributed by atoms with Gasteiger partial charge in [-0.25, -0.2) is 0 Å². The average Bonchev–Trinajstić information content (AvgIpc) is 2.72. The maximum Gasteiger partial charge on any atom is 0.203 e. The van der Waals surface area contributed by atoms with E-state index in [9.17, 15) is 4.79 Å². The fourth-order valence-electron chi connectivity index (χ4n) is 3.34. The Kier molecular flexibility index (Phi) is 7.87. The highest BCUT2D eigenvalue weighted by Gasteiger charge is 2.43. The number of benzene rings is 1. The van der Waals surface area contributed by atoms with Crippen molar-refractivity contribution in [1.82, 2.24) is 0 Å². The van der Waals surface area contributed by atoms with Crippen molar-refractivity contribution in [3.63, 3.8) is 0 Å². The first-order valence-corrected chi connectivity index (χ1v) is 14.0. The van der Waals surface area contributed by atoms with Gasteiger partial charge in [-0.05, 0) is 40.1 Å². The first-order chi connectivity index (χ1) is 14.4. The Balaban J connectivity index is 2.80. The minimum absolute atomic E-state index is 0.00265. The molecular formula is C24H33BrO5Si. The SMILES string of the molecule is COC1=CC=C(/C(=C/c2cc(OC)c(OC)c(OC)c2)[Si](C)(C)C(C)(C)C)C(=O)C1Br. The highest BCUT2D eigenvalue weighted by atomic mass is 79.9. The number of methoxy groups -OCH3 is 4. The zero-order valence-electron chi connectivity index (χ0n) is 19.9. The van der Waals surface area contributed by atoms with Crippen LogP contribution in [0.4, 0.5) is 0 Å². The number of Topliss-reactive ketones (excluding diaryl/α,β-unsaturated/α-hetero) is 1. The zero-order valence-corrected chi connectivity index (χ0v) is 22.5. The van der Waals surface area contributed by atoms with Crippen LogP contribution in [0.25, 0.3) is 6.08 Å². The normalized spacial score (nSPS) is 17.7. The van der Waals surface area contributed by atoms with Crippen LogP contribution in [0.3, 0.4) is 0 Å². The van der Waals surface area contributed by atoms with Crippen molar-refractivity contribution in [2.75, 3.05) is 28.4 Å². The summed E-state index contributed by atoms with van der Waals surface area (Å²) in [5.41, 5.74) is 1.60. The van der Waals surface area contributed by atoms with Crippen LogP contribution >= 0.6 is 15.9 Å². The van der Waals surface area contributed by atoms with Crippen LogP contribution in [0.2, 0.25) is 18.1 Å². The van der Waals surface area contributed by atoms with Gasteiger partial charge in [0.1, 0.15) is 10.6 Å². The summed E-state index contributed by atoms with van der Waals surface area (Å²) >= 11 is 3.50. The third kappa shape index (κ3) is 4.93. The molecule has 1 aliphatic rings. The molecule has 0 saturated heterocycles. The molecule has 31 heavy (non-hydrogen) atoms. The van der Waals surface area contributed by atoms with Gasteiger partial charge < -0.3 is 18.9 Å². The molecule has 0 spiro atoms. The lowest BCUT2D eigenvalue weighted by atomic mass is 10.00. The molecule has 0 N–H and O–H groups in total. The van der Waals surface area contributed by atoms with Crippen molar-refractivity contribution in [2.24, 2.45) is 0 Å². The van der Waals surface area contributed by atoms with Crippen molar-refractivity contribution >= 4 is 35.9 Å². The van der Waals surface area contributed by atoms with Gasteiger partial charge in [-0.1, -0.05) is 55.9 Å². The molecule has 0 bridgehead atoms. The summed E-state index contributed by atoms with van der Waals surface area (Å²) in [6.07, 6.45) is 5.84. The van der Waals surface area contributed by atoms with Gasteiger partial charge in [0.25, 0.3) is 0 Å². The molecule has 1 unspecified atom stereocenters. The van der Waals surface area contributed by atoms with Crippen LogP contribution in [0.1, 0.15) is 26.3 Å². The molecule has 0 saturated carbocycles. The molecule has 2 rings (SSSR count). The van der Waals surface area contributed by atoms with Crippen molar-refractivity contribution in [3.05, 3.63) is 46.4 Å². The molecule has 0 aliphatic heterocycles. The summed E-state index contributed by atoms with van der Waals surface area (Å²) in [5, 5.41) is 1.09. The summed E-state index contributed by atoms with van der Waals surface area (Å²) in [5.74, 6) is 2.30. The lowest BCUT2D eigenvalue weighted by Crippen LogP contribution is -2.42. The lowest BCUT2D eigenvalue weighted by Gasteiger charge is -2.40. The second kappa shape index (κ2) is 9.65. The van der Waals surface area contributed by atoms with Gasteiger partial charge in [0.15, 0.2) is 17.3 Å². The number of carbonyl (C=O) groups is 1. The summed E-state index contributed by atoms with van der Waals surface area (Å²) in [6, 6.07) is 3.81. The second-order valence-electron chi connectivity index (χ2n) is 8.97. The number of ether oxygens (including phenoxy) is 4. The maximum absolute atomic E-state index is 13.3. The molecule has 5 nitrogen and oxygen atoms in total. The van der Waals surface area contributed by atoms with Gasteiger partial charge in [0.2, 0.25) is 5.75 Å². The van der Waals surface area contributed by atoms with Crippen molar-refractivity contribution < 1.29 is 23.7 Å². The highest BCUT2D eigenvalue weighted by Crippen LogP contribution is 2.46. The van der Waals surface area contributed by atoms with Gasteiger partial charge in [0.05, 0.1) is 36.5 Å². The average molecular weight is 510 g/mol. The Morgan fingerprint density at radius 3 is 1.94 bits per heavy atom. The van der Waals surface area contributed by atoms with Crippen molar-refractivity contribution in [1.29, 1.82) is 0 Å². The number of rotatable bonds is 7. The Bertz CT molecular complexity index is 913. The van der Waals surface area contributed by atoms with E-state index in [4.69, 9.17) is 18.9 Å². The minimum Gasteiger partial charge on any atom is -0.499 e. The van der Waals surface area contributed by atoms with Gasteiger partial charge in [-0.15, -0.1) is 0 Å². The Morgan fingerprint density at radius 2 is 1.52 bits per heavy atom. The van der Waals surface area contributed by atoms with E-state index in [1.54, 1.807) is 28.4 Å². The van der Waals surface area contributed by atoms with Crippen molar-refractivity contribution in [3.8, 4) is 17.2 Å². The number of carbonyl (C=O) groups excluding carboxylic acids is 1. The van der Waals surface area contributed by atoms with Crippen LogP contribution in [0.15, 0.2) is 40.8 Å². The Morgan fingerprint density at radius 1 is 0.968 bits per heavy atom. The molecule has 7 heteroatoms. The van der Waals surface area contributed by atoms with Gasteiger partial charge in [-0.3, -0.25) is 4.79 Å². The molecule has 1 aromatic rings. The predicted molar refractivity (Wildman–Crippen MR) is 132 cm³/mol. The monoisotopic (exact) mass is 508 g/mol. The number of halogens is 1. The quantitative estimate of drug-likeness (QED) is 0.336. The number of ketones is 1. The van der Waals surface area contributed by atoms with Crippen LogP contribution in [-0.2, 0) is 9.53 Å². The van der Waals surface area contributed by atoms with Crippen LogP contribution in [0.5, 0.6) is 17.2 Å². The van der Waals surface area contributed by atoms with E-state index >= 15 is 0 Å². The summed E-state index contributed by atoms with van der Waals surface area (Å²) < 4.78 is 21.9. The Hall–Kier alpha value is -1.99. The molecule has 0 amide bonds. The van der Waals surface area contributed by atoms with E-state index in [-0.39, 0.29) is 10.8 Å². The van der Waals surface area contributed by atoms with E-state index in [0.29, 0.717) is 28.6 Å². The molecule has 0 radical (unpaired) electrons. The van der Waals surface area contributed by atoms with Crippen LogP contribution < -0.4 is 14.2 Å². The zero-order chi connectivity index (χ0) is 23.6. The molecule has 0 aromatic heterocycles. The summed E-state index contributed by atoms with van der Waals surface area (Å²) in [4.78, 5) is 12.8. The van der Waals surface area contributed by atoms with Crippen LogP contribution in [0, 0.1) is 0 Å². The van der Waals surface area contributed by atoms with Gasteiger partial charge in [0, 0.05) is 5.57 Å². The first kappa shape index (κ1) is 25.3. The molecule has 1 atom stereocenters. The first-order valence-electron chi connectivity index (χ1n) is 10.1. The third-order valence-corrected chi connectivity index (χ3v) is 12.6. The van der Waals surface area contributed by atoms with Gasteiger partial charge in [-0.2, -0.15) is 0 Å². The largest absolute Gasteiger partial charge is 0.499 e. The summed E-state index contributed by atoms with van der Waals surface area (Å²) in [7, 11) is 4.23. The molecule has 170 valence electrons. The number of allylic oxidation sites excluding steroid dienone is 5. The van der Waals surface area contributed by atoms with E-state index in [0.717, 1.165) is 10.8 Å². The van der Waals surface area contributed by atoms with E-state index in [2.05, 4.69) is 55.9 Å². The maximum atomic E-state index is 13.3. The molecule has 0 heterocycles. The van der Waals surface area contributed by atoms with E-state index in [1.807, 2.05) is 24.3 Å². The molecule has 1 aromatic carbocycles. The topological polar surface area (TPSA) is 54.0 Å². The number of hydrogen-bond acceptors (Lipinski definition) is 5. The molecule has 1 aliphatic carbocycles. The summed E-state index contributed by atoms with van der Waals surface area (Å²) in [6.45, 7) is 11.3. The fourth-order valence-corrected chi connectivity index (χ4v) is 6.14. The smallest absolute Gasteiger partial charge is 0.203 e. The third-order valence-electron chi connectivity index (χ3n) is 6.23. The highest BCUT2D eigenvalue weighted by molar-refractivity contribution is 9.10. The standard InChI is InChI=1S/C24H33BrO5Si/c1-24(2,3)31(8,9)20(16-10-11-17(27-4)21(25)22(16)26)14-15-12-18(28-5)23(30-7)19(13-15)29-6/h10-14,21H,1-9H3/b20-14-. The van der Waals surface area contributed by atoms with Crippen molar-refractivity contribution in [2.45, 2.75) is 43.7 Å². The van der Waals surface area contributed by atoms with Crippen LogP contribution in [-0.4, -0.2) is 47.1 Å². The van der Waals surface area contributed by atoms with Gasteiger partial charge >= 0.3 is 0 Å². The van der Waals surface area contributed by atoms with E-state index in [1.165, 1.54) is 0 Å². The number of alkyl halides is 1. The fraction of sp³-hybridized carbons (Fsp3) is 0.458. The number of hydrogen-bond donors (Lipinski definition) is 0. The molecular weight excluding hydrogens is 476 g/mol. The second-order valence-corrected chi connectivity index (χ2v) is 15.2. The lowest BCUT2D eigenvalue weighted by molar-refractivity contribution is -0.114. The minimum atomic E-state index is -2.12. The Labute approximate surface area is 195 Å². The molecule has 0 fully saturated rings. The van der Waals surface area contributed by atoms with E-state index < -0.39 is 12.9 Å².